The molecule has 0 unspecified atom stereocenters. The molecular formula is C26H19N5O3S. The third kappa shape index (κ3) is 4.32. The SMILES string of the molecule is Cc1nc(-c2ccccc2)sc1C(=O)NNC(=O)c1nn(-c2ccccc2)c(=O)c2ccccc12. The largest absolute Gasteiger partial charge is 0.290 e. The molecule has 0 aliphatic heterocycles. The third-order valence-corrected chi connectivity index (χ3v) is 6.54. The summed E-state index contributed by atoms with van der Waals surface area (Å²) >= 11 is 1.24. The zero-order chi connectivity index (χ0) is 24.4. The molecule has 172 valence electrons. The van der Waals surface area contributed by atoms with Crippen LogP contribution in [0.15, 0.2) is 89.7 Å². The first kappa shape index (κ1) is 22.2. The Morgan fingerprint density at radius 1 is 0.800 bits per heavy atom. The maximum atomic E-state index is 13.1. The number of fused-ring (bicyclic) bond motifs is 1. The molecule has 2 N–H and O–H groups in total. The van der Waals surface area contributed by atoms with Gasteiger partial charge in [0.25, 0.3) is 17.4 Å². The van der Waals surface area contributed by atoms with Crippen LogP contribution in [0.2, 0.25) is 0 Å². The van der Waals surface area contributed by atoms with Crippen LogP contribution in [0.1, 0.15) is 25.9 Å². The van der Waals surface area contributed by atoms with Crippen molar-refractivity contribution in [3.63, 3.8) is 0 Å². The van der Waals surface area contributed by atoms with E-state index in [2.05, 4.69) is 20.9 Å². The lowest BCUT2D eigenvalue weighted by Crippen LogP contribution is -2.42. The number of hydrogen-bond acceptors (Lipinski definition) is 6. The molecule has 2 heterocycles. The second-order valence-corrected chi connectivity index (χ2v) is 8.65. The van der Waals surface area contributed by atoms with Crippen LogP contribution in [-0.4, -0.2) is 26.6 Å². The maximum Gasteiger partial charge on any atom is 0.290 e. The minimum atomic E-state index is -0.648. The molecule has 0 spiro atoms. The minimum absolute atomic E-state index is 0.00959. The smallest absolute Gasteiger partial charge is 0.267 e. The maximum absolute atomic E-state index is 13.1. The van der Waals surface area contributed by atoms with Crippen LogP contribution in [0.4, 0.5) is 0 Å². The van der Waals surface area contributed by atoms with E-state index in [0.29, 0.717) is 32.0 Å². The molecule has 2 aromatic heterocycles. The number of thiazole rings is 1. The number of carbonyl (C=O) groups is 2. The summed E-state index contributed by atoms with van der Waals surface area (Å²) in [7, 11) is 0. The molecular weight excluding hydrogens is 462 g/mol. The molecule has 0 fully saturated rings. The van der Waals surface area contributed by atoms with Gasteiger partial charge in [0, 0.05) is 10.9 Å². The molecule has 5 rings (SSSR count). The predicted molar refractivity (Wildman–Crippen MR) is 135 cm³/mol. The van der Waals surface area contributed by atoms with E-state index >= 15 is 0 Å². The Labute approximate surface area is 203 Å². The number of rotatable bonds is 4. The van der Waals surface area contributed by atoms with Crippen molar-refractivity contribution in [2.45, 2.75) is 6.92 Å². The Balaban J connectivity index is 1.43. The molecule has 0 saturated heterocycles. The van der Waals surface area contributed by atoms with E-state index in [1.165, 1.54) is 16.0 Å². The number of nitrogens with one attached hydrogen (secondary N) is 2. The molecule has 2 amide bonds. The first-order valence-corrected chi connectivity index (χ1v) is 11.6. The Morgan fingerprint density at radius 2 is 1.40 bits per heavy atom. The monoisotopic (exact) mass is 481 g/mol. The van der Waals surface area contributed by atoms with Gasteiger partial charge < -0.3 is 0 Å². The Morgan fingerprint density at radius 3 is 2.11 bits per heavy atom. The van der Waals surface area contributed by atoms with Gasteiger partial charge in [-0.15, -0.1) is 11.3 Å². The van der Waals surface area contributed by atoms with Crippen molar-refractivity contribution in [2.75, 3.05) is 0 Å². The lowest BCUT2D eigenvalue weighted by atomic mass is 10.1. The Hall–Kier alpha value is -4.63. The van der Waals surface area contributed by atoms with Crippen molar-refractivity contribution in [2.24, 2.45) is 0 Å². The van der Waals surface area contributed by atoms with Gasteiger partial charge in [-0.25, -0.2) is 4.98 Å². The van der Waals surface area contributed by atoms with Crippen LogP contribution >= 0.6 is 11.3 Å². The van der Waals surface area contributed by atoms with Crippen LogP contribution in [-0.2, 0) is 0 Å². The van der Waals surface area contributed by atoms with Crippen molar-refractivity contribution in [1.82, 2.24) is 25.6 Å². The summed E-state index contributed by atoms with van der Waals surface area (Å²) in [4.78, 5) is 43.8. The average molecular weight is 482 g/mol. The summed E-state index contributed by atoms with van der Waals surface area (Å²) in [6.07, 6.45) is 0. The molecule has 0 atom stereocenters. The summed E-state index contributed by atoms with van der Waals surface area (Å²) in [5, 5.41) is 5.75. The molecule has 3 aromatic carbocycles. The Bertz CT molecular complexity index is 1610. The summed E-state index contributed by atoms with van der Waals surface area (Å²) in [5.41, 5.74) is 6.52. The van der Waals surface area contributed by atoms with E-state index in [9.17, 15) is 14.4 Å². The normalized spacial score (nSPS) is 10.8. The van der Waals surface area contributed by atoms with Crippen LogP contribution in [0.5, 0.6) is 0 Å². The number of amides is 2. The molecule has 0 aliphatic carbocycles. The van der Waals surface area contributed by atoms with E-state index in [0.717, 1.165) is 5.56 Å². The van der Waals surface area contributed by atoms with E-state index in [1.54, 1.807) is 55.5 Å². The van der Waals surface area contributed by atoms with Crippen LogP contribution in [0.3, 0.4) is 0 Å². The molecule has 0 aliphatic rings. The van der Waals surface area contributed by atoms with Crippen LogP contribution in [0, 0.1) is 6.92 Å². The molecule has 0 bridgehead atoms. The van der Waals surface area contributed by atoms with Crippen molar-refractivity contribution >= 4 is 33.9 Å². The van der Waals surface area contributed by atoms with E-state index in [1.807, 2.05) is 36.4 Å². The Kier molecular flexibility index (Phi) is 5.90. The lowest BCUT2D eigenvalue weighted by molar-refractivity contribution is 0.0845. The highest BCUT2D eigenvalue weighted by Gasteiger charge is 2.20. The van der Waals surface area contributed by atoms with Gasteiger partial charge in [-0.3, -0.25) is 25.2 Å². The van der Waals surface area contributed by atoms with Crippen LogP contribution in [0.25, 0.3) is 27.0 Å². The standard InChI is InChI=1S/C26H19N5O3S/c1-16-22(35-25(27-16)17-10-4-2-5-11-17)24(33)29-28-23(32)21-19-14-8-9-15-20(19)26(34)31(30-21)18-12-6-3-7-13-18/h2-15H,1H3,(H,28,32)(H,29,33). The van der Waals surface area contributed by atoms with Crippen LogP contribution < -0.4 is 16.4 Å². The number of benzene rings is 3. The third-order valence-electron chi connectivity index (χ3n) is 5.33. The van der Waals surface area contributed by atoms with E-state index in [4.69, 9.17) is 0 Å². The van der Waals surface area contributed by atoms with Gasteiger partial charge in [0.15, 0.2) is 5.69 Å². The first-order chi connectivity index (χ1) is 17.0. The van der Waals surface area contributed by atoms with Gasteiger partial charge in [0.2, 0.25) is 0 Å². The highest BCUT2D eigenvalue weighted by molar-refractivity contribution is 7.17. The molecule has 8 nitrogen and oxygen atoms in total. The number of aromatic nitrogens is 3. The fraction of sp³-hybridized carbons (Fsp3) is 0.0385. The van der Waals surface area contributed by atoms with E-state index < -0.39 is 11.8 Å². The fourth-order valence-electron chi connectivity index (χ4n) is 3.64. The topological polar surface area (TPSA) is 106 Å². The number of aryl methyl sites for hydroxylation is 1. The van der Waals surface area contributed by atoms with Crippen molar-refractivity contribution in [3.8, 4) is 16.3 Å². The molecule has 0 radical (unpaired) electrons. The molecule has 35 heavy (non-hydrogen) atoms. The first-order valence-electron chi connectivity index (χ1n) is 10.7. The predicted octanol–water partition coefficient (Wildman–Crippen LogP) is 3.89. The average Bonchev–Trinajstić information content (AvgIpc) is 3.30. The van der Waals surface area contributed by atoms with E-state index in [-0.39, 0.29) is 11.3 Å². The van der Waals surface area contributed by atoms with Gasteiger partial charge in [0.1, 0.15) is 9.88 Å². The fourth-order valence-corrected chi connectivity index (χ4v) is 4.61. The second-order valence-electron chi connectivity index (χ2n) is 7.65. The minimum Gasteiger partial charge on any atom is -0.267 e. The summed E-state index contributed by atoms with van der Waals surface area (Å²) in [6, 6.07) is 25.1. The zero-order valence-corrected chi connectivity index (χ0v) is 19.4. The quantitative estimate of drug-likeness (QED) is 0.379. The summed E-state index contributed by atoms with van der Waals surface area (Å²) in [5.74, 6) is -1.14. The van der Waals surface area contributed by atoms with Gasteiger partial charge in [0.05, 0.1) is 16.8 Å². The van der Waals surface area contributed by atoms with Gasteiger partial charge in [-0.05, 0) is 25.1 Å². The van der Waals surface area contributed by atoms with Crippen molar-refractivity contribution in [1.29, 1.82) is 0 Å². The second kappa shape index (κ2) is 9.32. The number of carbonyl (C=O) groups excluding carboxylic acids is 2. The molecule has 9 heteroatoms. The van der Waals surface area contributed by atoms with Gasteiger partial charge >= 0.3 is 0 Å². The summed E-state index contributed by atoms with van der Waals surface area (Å²) < 4.78 is 1.18. The number of hydrogen-bond donors (Lipinski definition) is 2. The van der Waals surface area contributed by atoms with Crippen molar-refractivity contribution < 1.29 is 9.59 Å². The lowest BCUT2D eigenvalue weighted by Gasteiger charge is -2.11. The number of nitrogens with zero attached hydrogens (tertiary/aromatic N) is 3. The zero-order valence-electron chi connectivity index (χ0n) is 18.6. The highest BCUT2D eigenvalue weighted by atomic mass is 32.1. The van der Waals surface area contributed by atoms with Gasteiger partial charge in [-0.2, -0.15) is 9.78 Å². The summed E-state index contributed by atoms with van der Waals surface area (Å²) in [6.45, 7) is 1.74. The molecule has 0 saturated carbocycles. The van der Waals surface area contributed by atoms with Gasteiger partial charge in [-0.1, -0.05) is 66.7 Å². The molecule has 5 aromatic rings. The number of hydrazine groups is 1. The number of para-hydroxylation sites is 1. The van der Waals surface area contributed by atoms with Crippen molar-refractivity contribution in [3.05, 3.63) is 112 Å². The highest BCUT2D eigenvalue weighted by Crippen LogP contribution is 2.27.